The first-order valence-electron chi connectivity index (χ1n) is 8.11. The number of rotatable bonds is 4. The zero-order valence-electron chi connectivity index (χ0n) is 14.3. The second-order valence-electron chi connectivity index (χ2n) is 6.00. The van der Waals surface area contributed by atoms with E-state index in [0.29, 0.717) is 11.1 Å². The quantitative estimate of drug-likeness (QED) is 0.752. The van der Waals surface area contributed by atoms with Gasteiger partial charge in [0.1, 0.15) is 0 Å². The first-order valence-corrected chi connectivity index (χ1v) is 9.71. The summed E-state index contributed by atoms with van der Waals surface area (Å²) in [6.45, 7) is 0. The summed E-state index contributed by atoms with van der Waals surface area (Å²) in [7, 11) is -1.79. The average molecular weight is 385 g/mol. The summed E-state index contributed by atoms with van der Waals surface area (Å²) in [5.74, 6) is -1.01. The van der Waals surface area contributed by atoms with Crippen LogP contribution >= 0.6 is 0 Å². The molecule has 0 aliphatic carbocycles. The van der Waals surface area contributed by atoms with Crippen LogP contribution in [0.5, 0.6) is 0 Å². The predicted molar refractivity (Wildman–Crippen MR) is 95.4 cm³/mol. The Morgan fingerprint density at radius 1 is 1.15 bits per heavy atom. The molecule has 0 N–H and O–H groups in total. The van der Waals surface area contributed by atoms with E-state index in [1.807, 2.05) is 30.3 Å². The molecule has 4 rings (SSSR count). The number of methoxy groups -OCH3 is 1. The third-order valence-corrected chi connectivity index (χ3v) is 5.72. The number of ketones is 1. The zero-order valence-corrected chi connectivity index (χ0v) is 15.1. The zero-order chi connectivity index (χ0) is 19.0. The van der Waals surface area contributed by atoms with Crippen molar-refractivity contribution in [1.82, 2.24) is 0 Å². The molecule has 2 aromatic carbocycles. The van der Waals surface area contributed by atoms with Crippen LogP contribution in [-0.2, 0) is 34.2 Å². The fraction of sp³-hybridized carbons (Fsp3) is 0.158. The fourth-order valence-electron chi connectivity index (χ4n) is 2.84. The number of hydrogen-bond acceptors (Lipinski definition) is 7. The minimum absolute atomic E-state index is 0.0389. The Labute approximate surface area is 155 Å². The highest BCUT2D eigenvalue weighted by Crippen LogP contribution is 2.40. The van der Waals surface area contributed by atoms with Gasteiger partial charge in [0.2, 0.25) is 15.8 Å². The number of ether oxygens (including phenoxy) is 2. The van der Waals surface area contributed by atoms with E-state index in [2.05, 4.69) is 9.10 Å². The van der Waals surface area contributed by atoms with E-state index in [4.69, 9.17) is 8.92 Å². The molecular formula is C19H15NO6S. The molecule has 138 valence electrons. The van der Waals surface area contributed by atoms with Crippen molar-refractivity contribution in [2.75, 3.05) is 7.11 Å². The highest BCUT2D eigenvalue weighted by molar-refractivity contribution is 7.88. The van der Waals surface area contributed by atoms with Gasteiger partial charge < -0.3 is 13.7 Å². The van der Waals surface area contributed by atoms with Crippen LogP contribution in [0, 0.1) is 0 Å². The van der Waals surface area contributed by atoms with Crippen LogP contribution in [0.3, 0.4) is 0 Å². The molecule has 0 fully saturated rings. The van der Waals surface area contributed by atoms with Gasteiger partial charge in [-0.05, 0) is 17.7 Å². The van der Waals surface area contributed by atoms with Crippen molar-refractivity contribution < 1.29 is 27.5 Å². The van der Waals surface area contributed by atoms with Crippen LogP contribution in [0.4, 0.5) is 0 Å². The standard InChI is InChI=1S/C19H15NO6S/c1-24-19(22)14-9-7-13(8-10-14)16-15(21)17-18(25-16)20-27(23,26-17)11-12-5-3-2-4-6-12/h2-10,16H,11H2,1H3. The summed E-state index contributed by atoms with van der Waals surface area (Å²) in [4.78, 5) is 24.1. The third kappa shape index (κ3) is 3.19. The number of Topliss-reactive ketones (excluding diaryl/α,β-unsaturated/α-hetero) is 1. The minimum Gasteiger partial charge on any atom is -0.465 e. The average Bonchev–Trinajstić information content (AvgIpc) is 3.16. The predicted octanol–water partition coefficient (Wildman–Crippen LogP) is 2.90. The van der Waals surface area contributed by atoms with E-state index < -0.39 is 27.9 Å². The monoisotopic (exact) mass is 385 g/mol. The Bertz CT molecular complexity index is 1070. The molecule has 0 amide bonds. The first kappa shape index (κ1) is 17.3. The maximum Gasteiger partial charge on any atom is 0.337 e. The van der Waals surface area contributed by atoms with Gasteiger partial charge in [-0.25, -0.2) is 9.00 Å². The van der Waals surface area contributed by atoms with Crippen molar-refractivity contribution in [2.45, 2.75) is 11.9 Å². The molecule has 0 saturated carbocycles. The molecule has 2 heterocycles. The van der Waals surface area contributed by atoms with Crippen LogP contribution < -0.4 is 0 Å². The van der Waals surface area contributed by atoms with Crippen LogP contribution in [0.15, 0.2) is 70.6 Å². The summed E-state index contributed by atoms with van der Waals surface area (Å²) < 4.78 is 32.5. The van der Waals surface area contributed by atoms with E-state index in [9.17, 15) is 13.8 Å². The lowest BCUT2D eigenvalue weighted by Gasteiger charge is -2.13. The van der Waals surface area contributed by atoms with Gasteiger partial charge in [-0.3, -0.25) is 4.79 Å². The number of benzene rings is 2. The molecular weight excluding hydrogens is 370 g/mol. The van der Waals surface area contributed by atoms with Gasteiger partial charge in [-0.1, -0.05) is 42.5 Å². The molecule has 0 spiro atoms. The van der Waals surface area contributed by atoms with E-state index in [1.54, 1.807) is 12.1 Å². The molecule has 2 unspecified atom stereocenters. The summed E-state index contributed by atoms with van der Waals surface area (Å²) in [5, 5.41) is 0. The molecule has 0 aromatic heterocycles. The van der Waals surface area contributed by atoms with Crippen LogP contribution in [0.25, 0.3) is 0 Å². The van der Waals surface area contributed by atoms with Gasteiger partial charge in [0.05, 0.1) is 18.4 Å². The van der Waals surface area contributed by atoms with Crippen molar-refractivity contribution in [2.24, 2.45) is 4.36 Å². The third-order valence-electron chi connectivity index (χ3n) is 4.15. The Morgan fingerprint density at radius 2 is 1.85 bits per heavy atom. The molecule has 0 saturated heterocycles. The molecule has 2 aliphatic heterocycles. The van der Waals surface area contributed by atoms with Crippen LogP contribution in [-0.4, -0.2) is 23.1 Å². The number of hydrogen-bond donors (Lipinski definition) is 0. The Morgan fingerprint density at radius 3 is 2.48 bits per heavy atom. The molecule has 27 heavy (non-hydrogen) atoms. The number of esters is 1. The van der Waals surface area contributed by atoms with Gasteiger partial charge >= 0.3 is 5.97 Å². The lowest BCUT2D eigenvalue weighted by molar-refractivity contribution is -0.123. The normalized spacial score (nSPS) is 23.3. The molecule has 2 aliphatic rings. The minimum atomic E-state index is -3.08. The van der Waals surface area contributed by atoms with Gasteiger partial charge in [0, 0.05) is 5.56 Å². The second kappa shape index (κ2) is 6.55. The second-order valence-corrected chi connectivity index (χ2v) is 7.80. The van der Waals surface area contributed by atoms with Gasteiger partial charge in [-0.15, -0.1) is 4.36 Å². The molecule has 0 bridgehead atoms. The summed E-state index contributed by atoms with van der Waals surface area (Å²) in [5.41, 5.74) is 1.68. The molecule has 7 nitrogen and oxygen atoms in total. The maximum absolute atomic E-state index is 12.8. The summed E-state index contributed by atoms with van der Waals surface area (Å²) >= 11 is 0. The van der Waals surface area contributed by atoms with Crippen LogP contribution in [0.2, 0.25) is 0 Å². The Hall–Kier alpha value is -3.13. The highest BCUT2D eigenvalue weighted by atomic mass is 32.2. The topological polar surface area (TPSA) is 91.3 Å². The van der Waals surface area contributed by atoms with Gasteiger partial charge in [0.15, 0.2) is 6.10 Å². The lowest BCUT2D eigenvalue weighted by Crippen LogP contribution is -2.15. The van der Waals surface area contributed by atoms with Crippen molar-refractivity contribution in [3.63, 3.8) is 0 Å². The van der Waals surface area contributed by atoms with E-state index >= 15 is 0 Å². The molecule has 8 heteroatoms. The van der Waals surface area contributed by atoms with Crippen molar-refractivity contribution >= 4 is 21.8 Å². The Balaban J connectivity index is 1.53. The van der Waals surface area contributed by atoms with E-state index in [1.165, 1.54) is 19.2 Å². The Kier molecular flexibility index (Phi) is 4.19. The molecule has 2 aromatic rings. The highest BCUT2D eigenvalue weighted by Gasteiger charge is 2.44. The van der Waals surface area contributed by atoms with Crippen LogP contribution in [0.1, 0.15) is 27.6 Å². The maximum atomic E-state index is 12.8. The van der Waals surface area contributed by atoms with E-state index in [0.717, 1.165) is 5.56 Å². The first-order chi connectivity index (χ1) is 13.0. The molecule has 0 radical (unpaired) electrons. The number of carbonyl (C=O) groups excluding carboxylic acids is 2. The number of nitrogens with zero attached hydrogens (tertiary/aromatic N) is 1. The molecule has 2 atom stereocenters. The largest absolute Gasteiger partial charge is 0.465 e. The van der Waals surface area contributed by atoms with Crippen molar-refractivity contribution in [1.29, 1.82) is 0 Å². The summed E-state index contributed by atoms with van der Waals surface area (Å²) in [6, 6.07) is 15.4. The summed E-state index contributed by atoms with van der Waals surface area (Å²) in [6.07, 6.45) is -0.939. The number of carbonyl (C=O) groups is 2. The fourth-order valence-corrected chi connectivity index (χ4v) is 4.40. The van der Waals surface area contributed by atoms with Gasteiger partial charge in [-0.2, -0.15) is 0 Å². The van der Waals surface area contributed by atoms with Crippen molar-refractivity contribution in [3.05, 3.63) is 82.9 Å². The van der Waals surface area contributed by atoms with Gasteiger partial charge in [0.25, 0.3) is 11.6 Å². The SMILES string of the molecule is COC(=O)c1ccc(C2OC3=C(OS(=O)(Cc4ccccc4)=N3)C2=O)cc1. The lowest BCUT2D eigenvalue weighted by atomic mass is 10.0. The smallest absolute Gasteiger partial charge is 0.337 e. The van der Waals surface area contributed by atoms with E-state index in [-0.39, 0.29) is 17.4 Å². The van der Waals surface area contributed by atoms with Crippen molar-refractivity contribution in [3.8, 4) is 0 Å².